The molecule has 2 N–H and O–H groups in total. The fourth-order valence-electron chi connectivity index (χ4n) is 2.61. The van der Waals surface area contributed by atoms with Gasteiger partial charge >= 0.3 is 0 Å². The number of carbonyl (C=O) groups excluding carboxylic acids is 1. The summed E-state index contributed by atoms with van der Waals surface area (Å²) in [5.74, 6) is 0.230. The quantitative estimate of drug-likeness (QED) is 0.705. The summed E-state index contributed by atoms with van der Waals surface area (Å²) in [6.07, 6.45) is 4.05. The van der Waals surface area contributed by atoms with Gasteiger partial charge in [-0.15, -0.1) is 0 Å². The Hall–Kier alpha value is -3.21. The van der Waals surface area contributed by atoms with E-state index in [4.69, 9.17) is 0 Å². The molecule has 0 atom stereocenters. The zero-order valence-corrected chi connectivity index (χ0v) is 15.2. The van der Waals surface area contributed by atoms with Crippen LogP contribution in [0.1, 0.15) is 34.0 Å². The summed E-state index contributed by atoms with van der Waals surface area (Å²) < 4.78 is 0. The Morgan fingerprint density at radius 1 is 1.00 bits per heavy atom. The third-order valence-electron chi connectivity index (χ3n) is 4.16. The van der Waals surface area contributed by atoms with Crippen molar-refractivity contribution in [3.63, 3.8) is 0 Å². The molecule has 26 heavy (non-hydrogen) atoms. The third-order valence-corrected chi connectivity index (χ3v) is 4.16. The summed E-state index contributed by atoms with van der Waals surface area (Å²) in [6.45, 7) is 6.11. The molecule has 0 fully saturated rings. The maximum Gasteiger partial charge on any atom is 0.258 e. The smallest absolute Gasteiger partial charge is 0.258 e. The standard InChI is InChI=1S/C21H22N4O/c1-4-16-6-8-18(9-7-16)24-21-22-12-17(13-23-21)20(26)25-19-10-5-14(2)11-15(19)3/h5-13H,4H2,1-3H3,(H,25,26)(H,22,23,24). The lowest BCUT2D eigenvalue weighted by molar-refractivity contribution is 0.102. The molecule has 1 aromatic heterocycles. The summed E-state index contributed by atoms with van der Waals surface area (Å²) >= 11 is 0. The zero-order valence-electron chi connectivity index (χ0n) is 15.2. The molecule has 1 amide bonds. The Bertz CT molecular complexity index is 902. The molecule has 0 aliphatic rings. The van der Waals surface area contributed by atoms with Crippen LogP contribution in [0, 0.1) is 13.8 Å². The van der Waals surface area contributed by atoms with Crippen molar-refractivity contribution in [1.29, 1.82) is 0 Å². The van der Waals surface area contributed by atoms with E-state index in [0.717, 1.165) is 28.9 Å². The molecule has 0 saturated heterocycles. The first-order chi connectivity index (χ1) is 12.5. The number of aryl methyl sites for hydroxylation is 3. The maximum absolute atomic E-state index is 12.4. The van der Waals surface area contributed by atoms with E-state index in [0.29, 0.717) is 11.5 Å². The number of nitrogens with zero attached hydrogens (tertiary/aromatic N) is 2. The van der Waals surface area contributed by atoms with E-state index in [1.54, 1.807) is 0 Å². The van der Waals surface area contributed by atoms with Gasteiger partial charge in [-0.2, -0.15) is 0 Å². The van der Waals surface area contributed by atoms with Crippen molar-refractivity contribution in [3.8, 4) is 0 Å². The highest BCUT2D eigenvalue weighted by molar-refractivity contribution is 6.04. The summed E-state index contributed by atoms with van der Waals surface area (Å²) in [5, 5.41) is 6.03. The van der Waals surface area contributed by atoms with Gasteiger partial charge in [0.05, 0.1) is 5.56 Å². The first-order valence-electron chi connectivity index (χ1n) is 8.62. The van der Waals surface area contributed by atoms with E-state index in [1.165, 1.54) is 18.0 Å². The van der Waals surface area contributed by atoms with Crippen molar-refractivity contribution in [2.45, 2.75) is 27.2 Å². The first-order valence-corrected chi connectivity index (χ1v) is 8.62. The van der Waals surface area contributed by atoms with Crippen LogP contribution < -0.4 is 10.6 Å². The molecule has 3 rings (SSSR count). The minimum atomic E-state index is -0.226. The molecule has 0 unspecified atom stereocenters. The number of aromatic nitrogens is 2. The van der Waals surface area contributed by atoms with Crippen LogP contribution in [0.3, 0.4) is 0 Å². The van der Waals surface area contributed by atoms with Gasteiger partial charge in [0.15, 0.2) is 0 Å². The Labute approximate surface area is 153 Å². The Morgan fingerprint density at radius 3 is 2.31 bits per heavy atom. The second kappa shape index (κ2) is 7.78. The number of rotatable bonds is 5. The molecule has 0 bridgehead atoms. The van der Waals surface area contributed by atoms with Crippen LogP contribution in [0.2, 0.25) is 0 Å². The van der Waals surface area contributed by atoms with Crippen LogP contribution in [-0.2, 0) is 6.42 Å². The van der Waals surface area contributed by atoms with Gasteiger partial charge < -0.3 is 10.6 Å². The molecular weight excluding hydrogens is 324 g/mol. The van der Waals surface area contributed by atoms with Gasteiger partial charge in [0.1, 0.15) is 0 Å². The largest absolute Gasteiger partial charge is 0.324 e. The molecule has 0 aliphatic heterocycles. The van der Waals surface area contributed by atoms with E-state index < -0.39 is 0 Å². The SMILES string of the molecule is CCc1ccc(Nc2ncc(C(=O)Nc3ccc(C)cc3C)cn2)cc1. The van der Waals surface area contributed by atoms with Crippen molar-refractivity contribution in [2.75, 3.05) is 10.6 Å². The second-order valence-corrected chi connectivity index (χ2v) is 6.24. The topological polar surface area (TPSA) is 66.9 Å². The molecule has 0 radical (unpaired) electrons. The van der Waals surface area contributed by atoms with Crippen LogP contribution in [0.15, 0.2) is 54.9 Å². The number of amides is 1. The van der Waals surface area contributed by atoms with Crippen LogP contribution in [-0.4, -0.2) is 15.9 Å². The summed E-state index contributed by atoms with van der Waals surface area (Å²) in [6, 6.07) is 14.0. The zero-order chi connectivity index (χ0) is 18.5. The maximum atomic E-state index is 12.4. The van der Waals surface area contributed by atoms with Gasteiger partial charge in [0.25, 0.3) is 5.91 Å². The highest BCUT2D eigenvalue weighted by atomic mass is 16.1. The highest BCUT2D eigenvalue weighted by Crippen LogP contribution is 2.18. The van der Waals surface area contributed by atoms with E-state index in [-0.39, 0.29) is 5.91 Å². The number of nitrogens with one attached hydrogen (secondary N) is 2. The van der Waals surface area contributed by atoms with Crippen LogP contribution in [0.4, 0.5) is 17.3 Å². The molecule has 0 saturated carbocycles. The predicted molar refractivity (Wildman–Crippen MR) is 105 cm³/mol. The van der Waals surface area contributed by atoms with Crippen molar-refractivity contribution < 1.29 is 4.79 Å². The predicted octanol–water partition coefficient (Wildman–Crippen LogP) is 4.65. The lowest BCUT2D eigenvalue weighted by Crippen LogP contribution is -2.14. The molecule has 3 aromatic rings. The third kappa shape index (κ3) is 4.25. The molecular formula is C21H22N4O. The van der Waals surface area contributed by atoms with Crippen molar-refractivity contribution in [1.82, 2.24) is 9.97 Å². The van der Waals surface area contributed by atoms with Crippen molar-refractivity contribution >= 4 is 23.2 Å². The number of hydrogen-bond donors (Lipinski definition) is 2. The van der Waals surface area contributed by atoms with Crippen LogP contribution in [0.5, 0.6) is 0 Å². The normalized spacial score (nSPS) is 10.4. The fraction of sp³-hybridized carbons (Fsp3) is 0.190. The van der Waals surface area contributed by atoms with Gasteiger partial charge in [-0.25, -0.2) is 9.97 Å². The highest BCUT2D eigenvalue weighted by Gasteiger charge is 2.09. The van der Waals surface area contributed by atoms with E-state index >= 15 is 0 Å². The molecule has 5 heteroatoms. The van der Waals surface area contributed by atoms with Gasteiger partial charge in [-0.1, -0.05) is 36.8 Å². The van der Waals surface area contributed by atoms with Crippen LogP contribution in [0.25, 0.3) is 0 Å². The second-order valence-electron chi connectivity index (χ2n) is 6.24. The summed E-state index contributed by atoms with van der Waals surface area (Å²) in [4.78, 5) is 20.8. The van der Waals surface area contributed by atoms with Gasteiger partial charge in [-0.05, 0) is 49.6 Å². The number of hydrogen-bond acceptors (Lipinski definition) is 4. The van der Waals surface area contributed by atoms with Crippen molar-refractivity contribution in [3.05, 3.63) is 77.1 Å². The van der Waals surface area contributed by atoms with Gasteiger partial charge in [-0.3, -0.25) is 4.79 Å². The van der Waals surface area contributed by atoms with Crippen molar-refractivity contribution in [2.24, 2.45) is 0 Å². The molecule has 2 aromatic carbocycles. The number of carbonyl (C=O) groups is 1. The van der Waals surface area contributed by atoms with E-state index in [1.807, 2.05) is 44.2 Å². The average molecular weight is 346 g/mol. The monoisotopic (exact) mass is 346 g/mol. The summed E-state index contributed by atoms with van der Waals surface area (Å²) in [7, 11) is 0. The molecule has 132 valence electrons. The van der Waals surface area contributed by atoms with Gasteiger partial charge in [0, 0.05) is 23.8 Å². The molecule has 0 aliphatic carbocycles. The van der Waals surface area contributed by atoms with E-state index in [2.05, 4.69) is 39.7 Å². The Morgan fingerprint density at radius 2 is 1.69 bits per heavy atom. The average Bonchev–Trinajstić information content (AvgIpc) is 2.65. The lowest BCUT2D eigenvalue weighted by atomic mass is 10.1. The number of anilines is 3. The number of benzene rings is 2. The van der Waals surface area contributed by atoms with Gasteiger partial charge in [0.2, 0.25) is 5.95 Å². The fourth-order valence-corrected chi connectivity index (χ4v) is 2.61. The first kappa shape index (κ1) is 17.6. The van der Waals surface area contributed by atoms with Crippen LogP contribution >= 0.6 is 0 Å². The molecule has 1 heterocycles. The summed E-state index contributed by atoms with van der Waals surface area (Å²) in [5.41, 5.74) is 5.57. The minimum Gasteiger partial charge on any atom is -0.324 e. The van der Waals surface area contributed by atoms with E-state index in [9.17, 15) is 4.79 Å². The molecule has 5 nitrogen and oxygen atoms in total. The minimum absolute atomic E-state index is 0.226. The molecule has 0 spiro atoms. The Kier molecular flexibility index (Phi) is 5.27. The lowest BCUT2D eigenvalue weighted by Gasteiger charge is -2.09. The Balaban J connectivity index is 1.67.